The Kier molecular flexibility index (Phi) is 7.38. The summed E-state index contributed by atoms with van der Waals surface area (Å²) >= 11 is 6.20. The molecular formula is C23H28ClN3O5. The van der Waals surface area contributed by atoms with Crippen LogP contribution >= 0.6 is 11.6 Å². The number of rotatable bonds is 5. The quantitative estimate of drug-likeness (QED) is 0.631. The summed E-state index contributed by atoms with van der Waals surface area (Å²) in [4.78, 5) is 30.6. The zero-order valence-corrected chi connectivity index (χ0v) is 19.0. The third kappa shape index (κ3) is 5.76. The first kappa shape index (κ1) is 24.0. The van der Waals surface area contributed by atoms with Crippen LogP contribution in [-0.4, -0.2) is 63.0 Å². The summed E-state index contributed by atoms with van der Waals surface area (Å²) in [5.74, 6) is -0.465. The van der Waals surface area contributed by atoms with Gasteiger partial charge in [0.15, 0.2) is 0 Å². The van der Waals surface area contributed by atoms with Gasteiger partial charge in [-0.3, -0.25) is 14.7 Å². The van der Waals surface area contributed by atoms with Crippen molar-refractivity contribution < 1.29 is 24.5 Å². The van der Waals surface area contributed by atoms with Gasteiger partial charge in [-0.25, -0.2) is 4.79 Å². The number of carbonyl (C=O) groups excluding carboxylic acids is 2. The van der Waals surface area contributed by atoms with Gasteiger partial charge in [-0.1, -0.05) is 35.9 Å². The summed E-state index contributed by atoms with van der Waals surface area (Å²) in [5.41, 5.74) is 1.67. The lowest BCUT2D eigenvalue weighted by Gasteiger charge is -2.28. The number of aliphatic hydroxyl groups excluding tert-OH is 2. The number of aliphatic hydroxyl groups is 2. The lowest BCUT2D eigenvalue weighted by molar-refractivity contribution is -0.126. The van der Waals surface area contributed by atoms with Gasteiger partial charge >= 0.3 is 6.09 Å². The molecule has 1 aromatic carbocycles. The minimum Gasteiger partial charge on any atom is -0.444 e. The summed E-state index contributed by atoms with van der Waals surface area (Å²) in [6.07, 6.45) is 1.83. The van der Waals surface area contributed by atoms with Crippen molar-refractivity contribution in [3.63, 3.8) is 0 Å². The molecule has 9 heteroatoms. The predicted octanol–water partition coefficient (Wildman–Crippen LogP) is 2.92. The second-order valence-electron chi connectivity index (χ2n) is 8.76. The van der Waals surface area contributed by atoms with Crippen LogP contribution in [0.2, 0.25) is 5.02 Å². The van der Waals surface area contributed by atoms with Crippen LogP contribution in [0.3, 0.4) is 0 Å². The molecule has 0 unspecified atom stereocenters. The van der Waals surface area contributed by atoms with Crippen LogP contribution in [0.1, 0.15) is 38.8 Å². The van der Waals surface area contributed by atoms with E-state index in [9.17, 15) is 19.8 Å². The van der Waals surface area contributed by atoms with E-state index in [2.05, 4.69) is 10.3 Å². The Bertz CT molecular complexity index is 961. The Labute approximate surface area is 192 Å². The summed E-state index contributed by atoms with van der Waals surface area (Å²) in [5, 5.41) is 23.2. The zero-order valence-electron chi connectivity index (χ0n) is 18.3. The van der Waals surface area contributed by atoms with Gasteiger partial charge in [-0.2, -0.15) is 0 Å². The fraction of sp³-hybridized carbons (Fsp3) is 0.435. The van der Waals surface area contributed by atoms with Crippen LogP contribution in [-0.2, 0) is 9.53 Å². The monoisotopic (exact) mass is 461 g/mol. The zero-order chi connectivity index (χ0) is 23.5. The molecule has 172 valence electrons. The number of benzene rings is 1. The molecule has 1 saturated heterocycles. The molecule has 2 heterocycles. The maximum Gasteiger partial charge on any atom is 0.411 e. The summed E-state index contributed by atoms with van der Waals surface area (Å²) in [7, 11) is 0. The van der Waals surface area contributed by atoms with Crippen LogP contribution in [0, 0.1) is 0 Å². The van der Waals surface area contributed by atoms with Crippen molar-refractivity contribution in [2.45, 2.75) is 51.0 Å². The third-order valence-electron chi connectivity index (χ3n) is 5.11. The molecule has 0 aliphatic carbocycles. The number of aromatic nitrogens is 1. The topological polar surface area (TPSA) is 112 Å². The van der Waals surface area contributed by atoms with Gasteiger partial charge in [0, 0.05) is 24.4 Å². The van der Waals surface area contributed by atoms with Gasteiger partial charge in [0.1, 0.15) is 11.6 Å². The highest BCUT2D eigenvalue weighted by molar-refractivity contribution is 6.33. The predicted molar refractivity (Wildman–Crippen MR) is 120 cm³/mol. The van der Waals surface area contributed by atoms with Gasteiger partial charge in [-0.05, 0) is 38.0 Å². The standard InChI is InChI=1S/C23H28ClN3O5/c1-23(2,3)32-22(31)27-12-16(29)10-20(27)21(30)26-19(13-28)15-6-4-14(5-7-15)17-8-9-25-11-18(17)24/h4-9,11,16,19-20,28-29H,10,12-13H2,1-3H3,(H,26,30)/t16-,19+,20+/m1/s1. The number of pyridine rings is 1. The SMILES string of the molecule is CC(C)(C)OC(=O)N1C[C@H](O)C[C@H]1C(=O)N[C@@H](CO)c1ccc(-c2ccncc2Cl)cc1. The normalized spacial score (nSPS) is 19.5. The van der Waals surface area contributed by atoms with E-state index in [0.29, 0.717) is 10.6 Å². The van der Waals surface area contributed by atoms with Crippen molar-refractivity contribution >= 4 is 23.6 Å². The van der Waals surface area contributed by atoms with Crippen molar-refractivity contribution in [1.82, 2.24) is 15.2 Å². The second kappa shape index (κ2) is 9.85. The summed E-state index contributed by atoms with van der Waals surface area (Å²) < 4.78 is 5.36. The molecule has 1 fully saturated rings. The number of amides is 2. The molecule has 32 heavy (non-hydrogen) atoms. The third-order valence-corrected chi connectivity index (χ3v) is 5.41. The number of nitrogens with one attached hydrogen (secondary N) is 1. The van der Waals surface area contributed by atoms with Crippen LogP contribution in [0.15, 0.2) is 42.7 Å². The first-order valence-electron chi connectivity index (χ1n) is 10.4. The van der Waals surface area contributed by atoms with E-state index in [1.807, 2.05) is 12.1 Å². The molecule has 2 aromatic rings. The van der Waals surface area contributed by atoms with Gasteiger partial charge in [-0.15, -0.1) is 0 Å². The molecule has 1 aliphatic heterocycles. The highest BCUT2D eigenvalue weighted by atomic mass is 35.5. The molecule has 2 amide bonds. The average Bonchev–Trinajstić information content (AvgIpc) is 3.13. The van der Waals surface area contributed by atoms with E-state index in [-0.39, 0.29) is 19.6 Å². The fourth-order valence-corrected chi connectivity index (χ4v) is 3.82. The molecular weight excluding hydrogens is 434 g/mol. The maximum absolute atomic E-state index is 12.9. The Morgan fingerprint density at radius 2 is 1.97 bits per heavy atom. The molecule has 1 aromatic heterocycles. The van der Waals surface area contributed by atoms with E-state index < -0.39 is 35.8 Å². The number of likely N-dealkylation sites (tertiary alicyclic amines) is 1. The largest absolute Gasteiger partial charge is 0.444 e. The van der Waals surface area contributed by atoms with Crippen molar-refractivity contribution in [2.75, 3.05) is 13.2 Å². The first-order valence-corrected chi connectivity index (χ1v) is 10.8. The number of nitrogens with zero attached hydrogens (tertiary/aromatic N) is 2. The Balaban J connectivity index is 1.72. The van der Waals surface area contributed by atoms with E-state index in [1.165, 1.54) is 4.90 Å². The number of β-amino-alcohol motifs (C(OH)–C–C–N with tert-alkyl or cyclic N) is 1. The lowest BCUT2D eigenvalue weighted by atomic mass is 10.0. The van der Waals surface area contributed by atoms with Gasteiger partial charge in [0.2, 0.25) is 5.91 Å². The Hall–Kier alpha value is -2.68. The van der Waals surface area contributed by atoms with Crippen molar-refractivity contribution in [1.29, 1.82) is 0 Å². The second-order valence-corrected chi connectivity index (χ2v) is 9.17. The molecule has 8 nitrogen and oxygen atoms in total. The maximum atomic E-state index is 12.9. The highest BCUT2D eigenvalue weighted by Gasteiger charge is 2.41. The average molecular weight is 462 g/mol. The van der Waals surface area contributed by atoms with E-state index in [4.69, 9.17) is 16.3 Å². The molecule has 3 rings (SSSR count). The van der Waals surface area contributed by atoms with E-state index >= 15 is 0 Å². The number of halogens is 1. The van der Waals surface area contributed by atoms with Crippen LogP contribution in [0.5, 0.6) is 0 Å². The minimum atomic E-state index is -0.885. The van der Waals surface area contributed by atoms with Gasteiger partial charge < -0.3 is 20.3 Å². The number of hydrogen-bond acceptors (Lipinski definition) is 6. The fourth-order valence-electron chi connectivity index (χ4n) is 3.59. The van der Waals surface area contributed by atoms with Crippen molar-refractivity contribution in [2.24, 2.45) is 0 Å². The van der Waals surface area contributed by atoms with Crippen LogP contribution in [0.4, 0.5) is 4.79 Å². The molecule has 3 N–H and O–H groups in total. The Morgan fingerprint density at radius 1 is 1.28 bits per heavy atom. The van der Waals surface area contributed by atoms with Crippen LogP contribution in [0.25, 0.3) is 11.1 Å². The smallest absolute Gasteiger partial charge is 0.411 e. The van der Waals surface area contributed by atoms with Crippen LogP contribution < -0.4 is 5.32 Å². The minimum absolute atomic E-state index is 0.0121. The number of hydrogen-bond donors (Lipinski definition) is 3. The van der Waals surface area contributed by atoms with Gasteiger partial charge in [0.05, 0.1) is 30.3 Å². The summed E-state index contributed by atoms with van der Waals surface area (Å²) in [6, 6.07) is 7.52. The van der Waals surface area contributed by atoms with Crippen molar-refractivity contribution in [3.05, 3.63) is 53.3 Å². The Morgan fingerprint density at radius 3 is 2.56 bits per heavy atom. The number of carbonyl (C=O) groups is 2. The molecule has 1 aliphatic rings. The van der Waals surface area contributed by atoms with Crippen molar-refractivity contribution in [3.8, 4) is 11.1 Å². The highest BCUT2D eigenvalue weighted by Crippen LogP contribution is 2.28. The molecule has 0 radical (unpaired) electrons. The van der Waals surface area contributed by atoms with Gasteiger partial charge in [0.25, 0.3) is 0 Å². The summed E-state index contributed by atoms with van der Waals surface area (Å²) in [6.45, 7) is 4.88. The lowest BCUT2D eigenvalue weighted by Crippen LogP contribution is -2.48. The molecule has 0 spiro atoms. The molecule has 0 saturated carbocycles. The molecule has 0 bridgehead atoms. The number of ether oxygens (including phenoxy) is 1. The van der Waals surface area contributed by atoms with E-state index in [1.54, 1.807) is 51.4 Å². The van der Waals surface area contributed by atoms with E-state index in [0.717, 1.165) is 11.1 Å². The molecule has 3 atom stereocenters. The first-order chi connectivity index (χ1) is 15.1.